The Morgan fingerprint density at radius 1 is 1.16 bits per heavy atom. The molecule has 0 heterocycles. The largest absolute Gasteiger partial charge is 0.378 e. The Balaban J connectivity index is 2.54. The molecule has 2 rings (SSSR count). The molecule has 0 bridgehead atoms. The van der Waals surface area contributed by atoms with Crippen LogP contribution in [-0.4, -0.2) is 50.4 Å². The molecule has 0 fully saturated rings. The van der Waals surface area contributed by atoms with E-state index in [0.29, 0.717) is 5.57 Å². The summed E-state index contributed by atoms with van der Waals surface area (Å²) in [7, 11) is 7.15. The van der Waals surface area contributed by atoms with Crippen LogP contribution in [0.1, 0.15) is 12.5 Å². The van der Waals surface area contributed by atoms with Crippen LogP contribution in [0.2, 0.25) is 0 Å². The number of allylic oxidation sites excluding steroid dienone is 1. The van der Waals surface area contributed by atoms with Gasteiger partial charge in [-0.15, -0.1) is 0 Å². The first-order chi connectivity index (χ1) is 11.7. The van der Waals surface area contributed by atoms with E-state index in [1.165, 1.54) is 0 Å². The average molecular weight is 338 g/mol. The predicted octanol–water partition coefficient (Wildman–Crippen LogP) is 2.76. The van der Waals surface area contributed by atoms with Crippen LogP contribution in [0.15, 0.2) is 42.0 Å². The molecule has 130 valence electrons. The number of rotatable bonds is 4. The summed E-state index contributed by atoms with van der Waals surface area (Å²) in [6, 6.07) is 14.1. The van der Waals surface area contributed by atoms with Crippen LogP contribution in [0.4, 0.5) is 5.69 Å². The molecular weight excluding hydrogens is 314 g/mol. The standard InChI is InChI=1S/C20H24N3O2/c1-14(19(12-21)20(25)23(4,5)13-24)15-6-7-17-11-18(22(2)3)9-8-16(17)10-15/h6-11,24H,13H2,1-5H3/q+1/b19-14+. The van der Waals surface area contributed by atoms with Crippen LogP contribution in [0, 0.1) is 11.3 Å². The van der Waals surface area contributed by atoms with Crippen LogP contribution >= 0.6 is 0 Å². The number of carbonyl (C=O) groups is 1. The SMILES string of the molecule is C/C(=C(/C#N)C(=O)[N+](C)(C)CO)c1ccc2cc(N(C)C)ccc2c1. The lowest BCUT2D eigenvalue weighted by molar-refractivity contribution is -0.832. The fourth-order valence-electron chi connectivity index (χ4n) is 2.55. The van der Waals surface area contributed by atoms with Gasteiger partial charge in [0, 0.05) is 19.8 Å². The van der Waals surface area contributed by atoms with Gasteiger partial charge in [-0.3, -0.25) is 0 Å². The highest BCUT2D eigenvalue weighted by Gasteiger charge is 2.31. The molecule has 0 atom stereocenters. The molecule has 0 unspecified atom stereocenters. The van der Waals surface area contributed by atoms with Gasteiger partial charge in [-0.25, -0.2) is 9.28 Å². The maximum Gasteiger partial charge on any atom is 0.358 e. The van der Waals surface area contributed by atoms with Crippen molar-refractivity contribution in [3.05, 3.63) is 47.5 Å². The zero-order valence-electron chi connectivity index (χ0n) is 15.4. The third-order valence-corrected chi connectivity index (χ3v) is 4.38. The summed E-state index contributed by atoms with van der Waals surface area (Å²) in [5.41, 5.74) is 2.63. The van der Waals surface area contributed by atoms with Crippen molar-refractivity contribution in [1.29, 1.82) is 5.26 Å². The van der Waals surface area contributed by atoms with E-state index in [0.717, 1.165) is 22.0 Å². The number of carbonyl (C=O) groups excluding carboxylic acids is 1. The topological polar surface area (TPSA) is 64.3 Å². The third kappa shape index (κ3) is 3.71. The summed E-state index contributed by atoms with van der Waals surface area (Å²) in [4.78, 5) is 14.6. The molecule has 0 radical (unpaired) electrons. The number of aliphatic hydroxyl groups is 1. The van der Waals surface area contributed by atoms with Crippen molar-refractivity contribution >= 4 is 27.9 Å². The number of quaternary nitrogens is 1. The first-order valence-electron chi connectivity index (χ1n) is 8.02. The molecule has 5 nitrogen and oxygen atoms in total. The lowest BCUT2D eigenvalue weighted by Gasteiger charge is -2.23. The van der Waals surface area contributed by atoms with Gasteiger partial charge in [0.25, 0.3) is 0 Å². The molecule has 0 aliphatic rings. The van der Waals surface area contributed by atoms with Crippen molar-refractivity contribution in [2.45, 2.75) is 6.92 Å². The second-order valence-electron chi connectivity index (χ2n) is 6.88. The van der Waals surface area contributed by atoms with Crippen molar-refractivity contribution < 1.29 is 14.4 Å². The average Bonchev–Trinajstić information content (AvgIpc) is 2.60. The lowest BCUT2D eigenvalue weighted by Crippen LogP contribution is -2.47. The number of aliphatic hydroxyl groups excluding tert-OH is 1. The smallest absolute Gasteiger partial charge is 0.358 e. The molecule has 5 heteroatoms. The highest BCUT2D eigenvalue weighted by atomic mass is 16.3. The minimum atomic E-state index is -0.398. The Kier molecular flexibility index (Phi) is 5.27. The number of benzene rings is 2. The second kappa shape index (κ2) is 7.06. The van der Waals surface area contributed by atoms with Gasteiger partial charge in [-0.05, 0) is 47.0 Å². The van der Waals surface area contributed by atoms with Gasteiger partial charge in [0.1, 0.15) is 6.07 Å². The molecule has 1 N–H and O–H groups in total. The van der Waals surface area contributed by atoms with E-state index in [4.69, 9.17) is 0 Å². The van der Waals surface area contributed by atoms with E-state index in [1.54, 1.807) is 21.0 Å². The Bertz CT molecular complexity index is 889. The van der Waals surface area contributed by atoms with E-state index in [2.05, 4.69) is 6.07 Å². The Labute approximate surface area is 148 Å². The van der Waals surface area contributed by atoms with Crippen molar-refractivity contribution in [3.8, 4) is 6.07 Å². The number of nitriles is 1. The van der Waals surface area contributed by atoms with Gasteiger partial charge in [0.2, 0.25) is 0 Å². The molecular formula is C20H24N3O2+. The maximum absolute atomic E-state index is 12.6. The zero-order valence-corrected chi connectivity index (χ0v) is 15.4. The van der Waals surface area contributed by atoms with E-state index >= 15 is 0 Å². The molecule has 0 aliphatic heterocycles. The third-order valence-electron chi connectivity index (χ3n) is 4.38. The molecule has 0 saturated carbocycles. The van der Waals surface area contributed by atoms with Gasteiger partial charge in [0.05, 0.1) is 14.1 Å². The monoisotopic (exact) mass is 338 g/mol. The quantitative estimate of drug-likeness (QED) is 0.403. The Morgan fingerprint density at radius 3 is 2.32 bits per heavy atom. The number of hydrogen-bond acceptors (Lipinski definition) is 4. The van der Waals surface area contributed by atoms with E-state index in [-0.39, 0.29) is 16.8 Å². The number of fused-ring (bicyclic) bond motifs is 1. The van der Waals surface area contributed by atoms with E-state index in [9.17, 15) is 15.2 Å². The highest BCUT2D eigenvalue weighted by Crippen LogP contribution is 2.27. The minimum Gasteiger partial charge on any atom is -0.378 e. The first-order valence-corrected chi connectivity index (χ1v) is 8.02. The summed E-state index contributed by atoms with van der Waals surface area (Å²) < 4.78 is -0.278. The fraction of sp³-hybridized carbons (Fsp3) is 0.300. The van der Waals surface area contributed by atoms with Gasteiger partial charge in [0.15, 0.2) is 12.3 Å². The number of hydrogen-bond donors (Lipinski definition) is 1. The zero-order chi connectivity index (χ0) is 18.8. The minimum absolute atomic E-state index is 0.0725. The van der Waals surface area contributed by atoms with Crippen LogP contribution in [0.5, 0.6) is 0 Å². The van der Waals surface area contributed by atoms with Gasteiger partial charge >= 0.3 is 5.91 Å². The number of amides is 1. The normalized spacial score (nSPS) is 12.5. The first kappa shape index (κ1) is 18.7. The molecule has 25 heavy (non-hydrogen) atoms. The second-order valence-corrected chi connectivity index (χ2v) is 6.88. The molecule has 0 saturated heterocycles. The van der Waals surface area contributed by atoms with E-state index in [1.807, 2.05) is 55.4 Å². The van der Waals surface area contributed by atoms with Crippen molar-refractivity contribution in [3.63, 3.8) is 0 Å². The van der Waals surface area contributed by atoms with Crippen LogP contribution in [-0.2, 0) is 4.79 Å². The predicted molar refractivity (Wildman–Crippen MR) is 101 cm³/mol. The summed E-state index contributed by atoms with van der Waals surface area (Å²) in [5.74, 6) is -0.398. The van der Waals surface area contributed by atoms with Crippen molar-refractivity contribution in [1.82, 2.24) is 0 Å². The molecule has 2 aromatic carbocycles. The van der Waals surface area contributed by atoms with Gasteiger partial charge in [-0.2, -0.15) is 5.26 Å². The molecule has 0 spiro atoms. The maximum atomic E-state index is 12.6. The van der Waals surface area contributed by atoms with Crippen LogP contribution in [0.25, 0.3) is 16.3 Å². The fourth-order valence-corrected chi connectivity index (χ4v) is 2.55. The highest BCUT2D eigenvalue weighted by molar-refractivity contribution is 6.01. The Morgan fingerprint density at radius 2 is 1.76 bits per heavy atom. The number of nitrogens with zero attached hydrogens (tertiary/aromatic N) is 3. The summed E-state index contributed by atoms with van der Waals surface area (Å²) in [6.45, 7) is 1.41. The van der Waals surface area contributed by atoms with Crippen LogP contribution in [0.3, 0.4) is 0 Å². The summed E-state index contributed by atoms with van der Waals surface area (Å²) >= 11 is 0. The number of anilines is 1. The molecule has 0 aromatic heterocycles. The molecule has 0 aliphatic carbocycles. The lowest BCUT2D eigenvalue weighted by atomic mass is 9.97. The summed E-state index contributed by atoms with van der Waals surface area (Å²) in [6.07, 6.45) is 0. The van der Waals surface area contributed by atoms with Gasteiger partial charge in [-0.1, -0.05) is 18.2 Å². The van der Waals surface area contributed by atoms with Crippen LogP contribution < -0.4 is 4.90 Å². The van der Waals surface area contributed by atoms with Crippen molar-refractivity contribution in [2.75, 3.05) is 39.8 Å². The molecule has 1 amide bonds. The molecule has 2 aromatic rings. The number of likely N-dealkylation sites (N-methyl/N-ethyl adjacent to an activating group) is 1. The summed E-state index contributed by atoms with van der Waals surface area (Å²) in [5, 5.41) is 21.0. The Hall–Kier alpha value is -2.68. The van der Waals surface area contributed by atoms with Gasteiger partial charge < -0.3 is 10.0 Å². The van der Waals surface area contributed by atoms with Crippen molar-refractivity contribution in [2.24, 2.45) is 0 Å². The van der Waals surface area contributed by atoms with E-state index < -0.39 is 5.91 Å².